The van der Waals surface area contributed by atoms with E-state index in [1.807, 2.05) is 0 Å². The Balaban J connectivity index is 3.28. The van der Waals surface area contributed by atoms with Gasteiger partial charge in [-0.1, -0.05) is 5.11 Å². The Bertz CT molecular complexity index is 632. The molecule has 1 heterocycles. The van der Waals surface area contributed by atoms with Crippen LogP contribution < -0.4 is 0 Å². The van der Waals surface area contributed by atoms with E-state index in [0.29, 0.717) is 0 Å². The van der Waals surface area contributed by atoms with Crippen LogP contribution in [0.2, 0.25) is 0 Å². The van der Waals surface area contributed by atoms with E-state index in [1.165, 1.54) is 6.92 Å². The molecule has 0 aromatic carbocycles. The fourth-order valence-electron chi connectivity index (χ4n) is 2.58. The zero-order valence-corrected chi connectivity index (χ0v) is 15.3. The number of hydrogen-bond donors (Lipinski definition) is 0. The normalized spacial score (nSPS) is 26.9. The molecule has 0 unspecified atom stereocenters. The molecule has 150 valence electrons. The van der Waals surface area contributed by atoms with Crippen LogP contribution in [0, 0.1) is 0 Å². The summed E-state index contributed by atoms with van der Waals surface area (Å²) in [6.45, 7) is 3.95. The van der Waals surface area contributed by atoms with Gasteiger partial charge < -0.3 is 23.7 Å². The molecule has 27 heavy (non-hydrogen) atoms. The number of carbonyl (C=O) groups is 4. The van der Waals surface area contributed by atoms with Crippen molar-refractivity contribution >= 4 is 23.9 Å². The standard InChI is InChI=1S/C15H21N3O9/c1-7(19)23-6-12-14(25-9(3)21)15(26-10(4)22)13(24-8(2)20)11(27-12)5-17-18-16/h11-15H,5-6H2,1-4H3/t11-,12-,13+,14-,15-/m1/s1. The molecular weight excluding hydrogens is 366 g/mol. The second kappa shape index (κ2) is 10.3. The molecule has 12 heteroatoms. The number of carbonyl (C=O) groups excluding carboxylic acids is 4. The average molecular weight is 387 g/mol. The highest BCUT2D eigenvalue weighted by atomic mass is 16.7. The minimum absolute atomic E-state index is 0.268. The molecule has 12 nitrogen and oxygen atoms in total. The highest BCUT2D eigenvalue weighted by Crippen LogP contribution is 2.29. The third-order valence-electron chi connectivity index (χ3n) is 3.41. The van der Waals surface area contributed by atoms with E-state index in [9.17, 15) is 19.2 Å². The van der Waals surface area contributed by atoms with Crippen LogP contribution in [0.5, 0.6) is 0 Å². The monoisotopic (exact) mass is 387 g/mol. The maximum absolute atomic E-state index is 11.6. The van der Waals surface area contributed by atoms with Crippen molar-refractivity contribution < 1.29 is 42.9 Å². The van der Waals surface area contributed by atoms with Crippen LogP contribution in [0.3, 0.4) is 0 Å². The molecule has 1 aliphatic rings. The highest BCUT2D eigenvalue weighted by Gasteiger charge is 2.51. The number of nitrogens with zero attached hydrogens (tertiary/aromatic N) is 3. The molecule has 5 atom stereocenters. The molecule has 0 bridgehead atoms. The summed E-state index contributed by atoms with van der Waals surface area (Å²) in [5.74, 6) is -2.78. The zero-order valence-electron chi connectivity index (χ0n) is 15.3. The summed E-state index contributed by atoms with van der Waals surface area (Å²) in [6, 6.07) is 0. The van der Waals surface area contributed by atoms with E-state index in [0.717, 1.165) is 20.8 Å². The van der Waals surface area contributed by atoms with Crippen molar-refractivity contribution in [2.75, 3.05) is 13.2 Å². The third-order valence-corrected chi connectivity index (χ3v) is 3.41. The van der Waals surface area contributed by atoms with Gasteiger partial charge in [0.15, 0.2) is 18.3 Å². The van der Waals surface area contributed by atoms with Gasteiger partial charge in [0, 0.05) is 32.6 Å². The molecule has 0 N–H and O–H groups in total. The van der Waals surface area contributed by atoms with Crippen molar-refractivity contribution in [2.24, 2.45) is 5.11 Å². The van der Waals surface area contributed by atoms with Crippen molar-refractivity contribution in [3.05, 3.63) is 10.4 Å². The summed E-state index contributed by atoms with van der Waals surface area (Å²) >= 11 is 0. The van der Waals surface area contributed by atoms with Crippen LogP contribution >= 0.6 is 0 Å². The largest absolute Gasteiger partial charge is 0.463 e. The molecule has 0 radical (unpaired) electrons. The first-order chi connectivity index (χ1) is 12.6. The van der Waals surface area contributed by atoms with Crippen molar-refractivity contribution in [3.8, 4) is 0 Å². The van der Waals surface area contributed by atoms with Crippen LogP contribution in [0.15, 0.2) is 5.11 Å². The van der Waals surface area contributed by atoms with E-state index >= 15 is 0 Å². The number of esters is 4. The second-order valence-corrected chi connectivity index (χ2v) is 5.65. The number of hydrogen-bond acceptors (Lipinski definition) is 10. The number of azide groups is 1. The summed E-state index contributed by atoms with van der Waals surface area (Å²) in [5.41, 5.74) is 8.56. The zero-order chi connectivity index (χ0) is 20.6. The molecule has 0 spiro atoms. The minimum Gasteiger partial charge on any atom is -0.463 e. The molecule has 0 aromatic rings. The maximum atomic E-state index is 11.6. The average Bonchev–Trinajstić information content (AvgIpc) is 2.54. The summed E-state index contributed by atoms with van der Waals surface area (Å²) < 4.78 is 26.2. The molecule has 1 aliphatic heterocycles. The van der Waals surface area contributed by atoms with Gasteiger partial charge in [0.05, 0.1) is 6.54 Å². The SMILES string of the molecule is CC(=O)OC[C@H]1O[C@H](CN=[N+]=[N-])[C@H](OC(C)=O)[C@@H](OC(C)=O)[C@@H]1OC(C)=O. The Morgan fingerprint density at radius 3 is 1.78 bits per heavy atom. The van der Waals surface area contributed by atoms with Gasteiger partial charge in [-0.15, -0.1) is 0 Å². The molecule has 0 saturated carbocycles. The molecule has 1 fully saturated rings. The van der Waals surface area contributed by atoms with E-state index in [1.54, 1.807) is 0 Å². The Hall–Kier alpha value is -2.85. The lowest BCUT2D eigenvalue weighted by Gasteiger charge is -2.44. The van der Waals surface area contributed by atoms with Crippen molar-refractivity contribution in [3.63, 3.8) is 0 Å². The van der Waals surface area contributed by atoms with Crippen LogP contribution in [0.25, 0.3) is 10.4 Å². The Kier molecular flexibility index (Phi) is 8.49. The fourth-order valence-corrected chi connectivity index (χ4v) is 2.58. The lowest BCUT2D eigenvalue weighted by molar-refractivity contribution is -0.250. The van der Waals surface area contributed by atoms with Crippen LogP contribution in [-0.4, -0.2) is 67.5 Å². The van der Waals surface area contributed by atoms with Gasteiger partial charge in [-0.3, -0.25) is 19.2 Å². The molecule has 1 rings (SSSR count). The van der Waals surface area contributed by atoms with Crippen LogP contribution in [0.1, 0.15) is 27.7 Å². The third kappa shape index (κ3) is 7.12. The first-order valence-corrected chi connectivity index (χ1v) is 7.97. The van der Waals surface area contributed by atoms with Crippen molar-refractivity contribution in [1.82, 2.24) is 0 Å². The maximum Gasteiger partial charge on any atom is 0.303 e. The Morgan fingerprint density at radius 2 is 1.33 bits per heavy atom. The van der Waals surface area contributed by atoms with Crippen molar-refractivity contribution in [1.29, 1.82) is 0 Å². The number of ether oxygens (including phenoxy) is 5. The second-order valence-electron chi connectivity index (χ2n) is 5.65. The molecule has 0 aliphatic carbocycles. The van der Waals surface area contributed by atoms with Gasteiger partial charge in [-0.25, -0.2) is 0 Å². The summed E-state index contributed by atoms with van der Waals surface area (Å²) in [6.07, 6.45) is -5.77. The molecular formula is C15H21N3O9. The molecule has 0 amide bonds. The predicted molar refractivity (Wildman–Crippen MR) is 86.0 cm³/mol. The molecule has 1 saturated heterocycles. The first-order valence-electron chi connectivity index (χ1n) is 7.97. The quantitative estimate of drug-likeness (QED) is 0.198. The van der Waals surface area contributed by atoms with E-state index in [4.69, 9.17) is 29.2 Å². The smallest absolute Gasteiger partial charge is 0.303 e. The van der Waals surface area contributed by atoms with Crippen molar-refractivity contribution in [2.45, 2.75) is 58.2 Å². The van der Waals surface area contributed by atoms with E-state index < -0.39 is 54.4 Å². The summed E-state index contributed by atoms with van der Waals surface area (Å²) in [4.78, 5) is 48.3. The van der Waals surface area contributed by atoms with Gasteiger partial charge in [-0.05, 0) is 5.53 Å². The fraction of sp³-hybridized carbons (Fsp3) is 0.733. The summed E-state index contributed by atoms with van der Waals surface area (Å²) in [5, 5.41) is 3.39. The van der Waals surface area contributed by atoms with Gasteiger partial charge in [0.1, 0.15) is 18.8 Å². The van der Waals surface area contributed by atoms with Gasteiger partial charge in [-0.2, -0.15) is 0 Å². The van der Waals surface area contributed by atoms with Gasteiger partial charge >= 0.3 is 23.9 Å². The topological polar surface area (TPSA) is 163 Å². The van der Waals surface area contributed by atoms with Crippen LogP contribution in [-0.2, 0) is 42.9 Å². The summed E-state index contributed by atoms with van der Waals surface area (Å²) in [7, 11) is 0. The minimum atomic E-state index is -1.26. The number of rotatable bonds is 7. The van der Waals surface area contributed by atoms with E-state index in [-0.39, 0.29) is 13.2 Å². The van der Waals surface area contributed by atoms with Gasteiger partial charge in [0.25, 0.3) is 0 Å². The lowest BCUT2D eigenvalue weighted by atomic mass is 9.94. The Labute approximate surface area is 154 Å². The Morgan fingerprint density at radius 1 is 0.852 bits per heavy atom. The van der Waals surface area contributed by atoms with E-state index in [2.05, 4.69) is 10.0 Å². The van der Waals surface area contributed by atoms with Gasteiger partial charge in [0.2, 0.25) is 0 Å². The lowest BCUT2D eigenvalue weighted by Crippen LogP contribution is -2.63. The predicted octanol–water partition coefficient (Wildman–Crippen LogP) is 0.422. The van der Waals surface area contributed by atoms with Crippen LogP contribution in [0.4, 0.5) is 0 Å². The molecule has 0 aromatic heterocycles. The highest BCUT2D eigenvalue weighted by molar-refractivity contribution is 5.68. The first kappa shape index (κ1) is 22.2.